The van der Waals surface area contributed by atoms with E-state index in [9.17, 15) is 4.79 Å². The number of carbonyl (C=O) groups excluding carboxylic acids is 1. The van der Waals surface area contributed by atoms with Crippen molar-refractivity contribution in [3.63, 3.8) is 0 Å². The maximum atomic E-state index is 11.3. The van der Waals surface area contributed by atoms with Gasteiger partial charge in [0.25, 0.3) is 0 Å². The second-order valence-electron chi connectivity index (χ2n) is 4.64. The Morgan fingerprint density at radius 1 is 1.22 bits per heavy atom. The molecule has 23 heavy (non-hydrogen) atoms. The molecule has 0 spiro atoms. The molecule has 0 radical (unpaired) electrons. The highest BCUT2D eigenvalue weighted by Crippen LogP contribution is 2.08. The van der Waals surface area contributed by atoms with Gasteiger partial charge in [0, 0.05) is 24.4 Å². The smallest absolute Gasteiger partial charge is 0.305 e. The van der Waals surface area contributed by atoms with E-state index < -0.39 is 0 Å². The summed E-state index contributed by atoms with van der Waals surface area (Å²) in [5.41, 5.74) is 2.12. The number of carbonyl (C=O) groups is 1. The van der Waals surface area contributed by atoms with Crippen LogP contribution in [0.15, 0.2) is 54.1 Å². The first kappa shape index (κ1) is 16.6. The number of hydrogen-bond donors (Lipinski definition) is 0. The lowest BCUT2D eigenvalue weighted by Gasteiger charge is -2.06. The molecule has 0 unspecified atom stereocenters. The molecule has 0 aliphatic rings. The lowest BCUT2D eigenvalue weighted by atomic mass is 10.1. The Morgan fingerprint density at radius 3 is 2.74 bits per heavy atom. The van der Waals surface area contributed by atoms with Crippen molar-refractivity contribution < 1.29 is 14.4 Å². The molecule has 120 valence electrons. The van der Waals surface area contributed by atoms with Gasteiger partial charge in [0.05, 0.1) is 12.8 Å². The third-order valence-corrected chi connectivity index (χ3v) is 2.93. The third-order valence-electron chi connectivity index (χ3n) is 2.93. The monoisotopic (exact) mass is 313 g/mol. The van der Waals surface area contributed by atoms with E-state index in [0.717, 1.165) is 5.56 Å². The van der Waals surface area contributed by atoms with Crippen molar-refractivity contribution in [3.8, 4) is 0 Å². The van der Waals surface area contributed by atoms with Crippen LogP contribution >= 0.6 is 0 Å². The maximum absolute atomic E-state index is 11.3. The van der Waals surface area contributed by atoms with Gasteiger partial charge in [-0.15, -0.1) is 0 Å². The SMILES string of the molecule is CCOC(=O)CCCO/N=C(\c1ccccc1)c1cnccn1. The first-order chi connectivity index (χ1) is 11.3. The summed E-state index contributed by atoms with van der Waals surface area (Å²) >= 11 is 0. The van der Waals surface area contributed by atoms with Crippen LogP contribution < -0.4 is 0 Å². The molecule has 0 amide bonds. The zero-order valence-corrected chi connectivity index (χ0v) is 13.0. The van der Waals surface area contributed by atoms with Gasteiger partial charge in [-0.25, -0.2) is 0 Å². The Labute approximate surface area is 135 Å². The fourth-order valence-corrected chi connectivity index (χ4v) is 1.89. The van der Waals surface area contributed by atoms with Crippen molar-refractivity contribution >= 4 is 11.7 Å². The molecular weight excluding hydrogens is 294 g/mol. The van der Waals surface area contributed by atoms with Gasteiger partial charge in [0.15, 0.2) is 0 Å². The summed E-state index contributed by atoms with van der Waals surface area (Å²) in [7, 11) is 0. The molecule has 0 aliphatic carbocycles. The minimum absolute atomic E-state index is 0.225. The Kier molecular flexibility index (Phi) is 6.71. The number of hydrogen-bond acceptors (Lipinski definition) is 6. The van der Waals surface area contributed by atoms with Crippen molar-refractivity contribution in [3.05, 3.63) is 60.2 Å². The Balaban J connectivity index is 1.99. The zero-order valence-electron chi connectivity index (χ0n) is 13.0. The molecule has 2 rings (SSSR count). The topological polar surface area (TPSA) is 73.7 Å². The number of ether oxygens (including phenoxy) is 1. The highest BCUT2D eigenvalue weighted by Gasteiger charge is 2.09. The standard InChI is InChI=1S/C17H19N3O3/c1-2-22-16(21)9-6-12-23-20-17(14-7-4-3-5-8-14)15-13-18-10-11-19-15/h3-5,7-8,10-11,13H,2,6,9,12H2,1H3/b20-17+. The molecule has 1 aromatic carbocycles. The van der Waals surface area contributed by atoms with Gasteiger partial charge in [-0.3, -0.25) is 14.8 Å². The predicted octanol–water partition coefficient (Wildman–Crippen LogP) is 2.59. The summed E-state index contributed by atoms with van der Waals surface area (Å²) in [6.07, 6.45) is 5.70. The Hall–Kier alpha value is -2.76. The number of benzene rings is 1. The Bertz CT molecular complexity index is 589. The summed E-state index contributed by atoms with van der Waals surface area (Å²) in [6.45, 7) is 2.50. The van der Waals surface area contributed by atoms with Gasteiger partial charge in [-0.05, 0) is 13.3 Å². The maximum Gasteiger partial charge on any atom is 0.305 e. The summed E-state index contributed by atoms with van der Waals surface area (Å²) < 4.78 is 4.86. The molecule has 1 aromatic heterocycles. The van der Waals surface area contributed by atoms with E-state index >= 15 is 0 Å². The molecule has 0 atom stereocenters. The molecular formula is C17H19N3O3. The van der Waals surface area contributed by atoms with Crippen molar-refractivity contribution in [2.24, 2.45) is 5.16 Å². The number of aromatic nitrogens is 2. The second-order valence-corrected chi connectivity index (χ2v) is 4.64. The van der Waals surface area contributed by atoms with Gasteiger partial charge >= 0.3 is 5.97 Å². The van der Waals surface area contributed by atoms with Crippen LogP contribution in [0.2, 0.25) is 0 Å². The highest BCUT2D eigenvalue weighted by atomic mass is 16.6. The molecule has 1 heterocycles. The third kappa shape index (κ3) is 5.50. The second kappa shape index (κ2) is 9.30. The van der Waals surface area contributed by atoms with Gasteiger partial charge in [0.2, 0.25) is 0 Å². The average molecular weight is 313 g/mol. The lowest BCUT2D eigenvalue weighted by molar-refractivity contribution is -0.143. The number of rotatable bonds is 8. The first-order valence-electron chi connectivity index (χ1n) is 7.48. The molecule has 0 saturated carbocycles. The van der Waals surface area contributed by atoms with Gasteiger partial charge < -0.3 is 9.57 Å². The molecule has 6 nitrogen and oxygen atoms in total. The minimum Gasteiger partial charge on any atom is -0.466 e. The molecule has 0 N–H and O–H groups in total. The van der Waals surface area contributed by atoms with E-state index in [0.29, 0.717) is 37.5 Å². The van der Waals surface area contributed by atoms with Crippen LogP contribution in [0.3, 0.4) is 0 Å². The summed E-state index contributed by atoms with van der Waals surface area (Å²) in [5.74, 6) is -0.225. The van der Waals surface area contributed by atoms with Crippen molar-refractivity contribution in [1.82, 2.24) is 9.97 Å². The molecule has 2 aromatic rings. The predicted molar refractivity (Wildman–Crippen MR) is 85.9 cm³/mol. The van der Waals surface area contributed by atoms with Gasteiger partial charge in [-0.1, -0.05) is 35.5 Å². The summed E-state index contributed by atoms with van der Waals surface area (Å²) in [5, 5.41) is 4.17. The number of esters is 1. The van der Waals surface area contributed by atoms with E-state index in [1.54, 1.807) is 25.5 Å². The van der Waals surface area contributed by atoms with Gasteiger partial charge in [0.1, 0.15) is 18.0 Å². The first-order valence-corrected chi connectivity index (χ1v) is 7.48. The fourth-order valence-electron chi connectivity index (χ4n) is 1.89. The quantitative estimate of drug-likeness (QED) is 0.324. The van der Waals surface area contributed by atoms with E-state index in [1.807, 2.05) is 30.3 Å². The summed E-state index contributed by atoms with van der Waals surface area (Å²) in [6, 6.07) is 9.62. The van der Waals surface area contributed by atoms with Crippen LogP contribution in [0.1, 0.15) is 31.0 Å². The average Bonchev–Trinajstić information content (AvgIpc) is 2.60. The van der Waals surface area contributed by atoms with Crippen molar-refractivity contribution in [2.75, 3.05) is 13.2 Å². The van der Waals surface area contributed by atoms with Crippen LogP contribution in [0, 0.1) is 0 Å². The van der Waals surface area contributed by atoms with Crippen LogP contribution in [0.5, 0.6) is 0 Å². The zero-order chi connectivity index (χ0) is 16.3. The molecule has 0 fully saturated rings. The van der Waals surface area contributed by atoms with E-state index in [2.05, 4.69) is 15.1 Å². The van der Waals surface area contributed by atoms with E-state index in [4.69, 9.17) is 9.57 Å². The molecule has 0 aliphatic heterocycles. The molecule has 0 bridgehead atoms. The van der Waals surface area contributed by atoms with E-state index in [-0.39, 0.29) is 5.97 Å². The lowest BCUT2D eigenvalue weighted by Crippen LogP contribution is -2.08. The van der Waals surface area contributed by atoms with Gasteiger partial charge in [-0.2, -0.15) is 0 Å². The van der Waals surface area contributed by atoms with Crippen molar-refractivity contribution in [2.45, 2.75) is 19.8 Å². The normalized spacial score (nSPS) is 11.1. The van der Waals surface area contributed by atoms with Crippen LogP contribution in [-0.4, -0.2) is 34.9 Å². The summed E-state index contributed by atoms with van der Waals surface area (Å²) in [4.78, 5) is 24.9. The minimum atomic E-state index is -0.225. The molecule has 6 heteroatoms. The fraction of sp³-hybridized carbons (Fsp3) is 0.294. The van der Waals surface area contributed by atoms with Crippen LogP contribution in [0.4, 0.5) is 0 Å². The number of nitrogens with zero attached hydrogens (tertiary/aromatic N) is 3. The van der Waals surface area contributed by atoms with Crippen LogP contribution in [0.25, 0.3) is 0 Å². The van der Waals surface area contributed by atoms with Crippen molar-refractivity contribution in [1.29, 1.82) is 0 Å². The highest BCUT2D eigenvalue weighted by molar-refractivity contribution is 6.11. The number of oxime groups is 1. The molecule has 0 saturated heterocycles. The Morgan fingerprint density at radius 2 is 2.04 bits per heavy atom. The van der Waals surface area contributed by atoms with E-state index in [1.165, 1.54) is 0 Å². The largest absolute Gasteiger partial charge is 0.466 e. The van der Waals surface area contributed by atoms with Crippen LogP contribution in [-0.2, 0) is 14.4 Å².